The van der Waals surface area contributed by atoms with Crippen molar-refractivity contribution in [2.45, 2.75) is 13.1 Å². The Labute approximate surface area is 125 Å². The molecule has 1 heterocycles. The monoisotopic (exact) mass is 306 g/mol. The van der Waals surface area contributed by atoms with Crippen LogP contribution in [0.15, 0.2) is 35.0 Å². The average molecular weight is 306 g/mol. The number of carboxylic acid groups (broad SMARTS) is 1. The van der Waals surface area contributed by atoms with Crippen LogP contribution in [0.4, 0.5) is 5.69 Å². The lowest BCUT2D eigenvalue weighted by atomic mass is 10.0. The highest BCUT2D eigenvalue weighted by molar-refractivity contribution is 7.07. The largest absolute Gasteiger partial charge is 0.477 e. The van der Waals surface area contributed by atoms with E-state index in [4.69, 9.17) is 0 Å². The molecule has 0 saturated carbocycles. The van der Waals surface area contributed by atoms with Crippen LogP contribution in [0.2, 0.25) is 0 Å². The van der Waals surface area contributed by atoms with E-state index in [-0.39, 0.29) is 11.3 Å². The first kappa shape index (κ1) is 15.1. The Balaban J connectivity index is 2.25. The molecule has 0 aliphatic heterocycles. The quantitative estimate of drug-likeness (QED) is 0.655. The summed E-state index contributed by atoms with van der Waals surface area (Å²) in [6.07, 6.45) is 0. The predicted molar refractivity (Wildman–Crippen MR) is 79.5 cm³/mol. The van der Waals surface area contributed by atoms with E-state index in [1.807, 2.05) is 28.8 Å². The van der Waals surface area contributed by atoms with Gasteiger partial charge in [-0.05, 0) is 35.0 Å². The molecular formula is C14H14N2O4S. The zero-order valence-corrected chi connectivity index (χ0v) is 12.2. The van der Waals surface area contributed by atoms with E-state index in [9.17, 15) is 20.0 Å². The molecule has 0 aliphatic rings. The summed E-state index contributed by atoms with van der Waals surface area (Å²) in [7, 11) is 1.85. The molecule has 0 aliphatic carbocycles. The number of nitro benzene ring substituents is 1. The van der Waals surface area contributed by atoms with Crippen molar-refractivity contribution in [1.29, 1.82) is 0 Å². The van der Waals surface area contributed by atoms with Crippen molar-refractivity contribution in [2.24, 2.45) is 0 Å². The van der Waals surface area contributed by atoms with Crippen LogP contribution in [0.25, 0.3) is 0 Å². The van der Waals surface area contributed by atoms with Crippen molar-refractivity contribution >= 4 is 23.0 Å². The predicted octanol–water partition coefficient (Wildman–Crippen LogP) is 2.99. The van der Waals surface area contributed by atoms with Crippen molar-refractivity contribution in [3.8, 4) is 0 Å². The van der Waals surface area contributed by atoms with Crippen LogP contribution < -0.4 is 0 Å². The Morgan fingerprint density at radius 1 is 1.38 bits per heavy atom. The molecule has 2 rings (SSSR count). The summed E-state index contributed by atoms with van der Waals surface area (Å²) in [5.41, 5.74) is 0.961. The topological polar surface area (TPSA) is 83.7 Å². The molecule has 6 nitrogen and oxygen atoms in total. The van der Waals surface area contributed by atoms with Crippen LogP contribution >= 0.6 is 11.3 Å². The Morgan fingerprint density at radius 3 is 2.71 bits per heavy atom. The summed E-state index contributed by atoms with van der Waals surface area (Å²) in [6.45, 7) is 0.990. The van der Waals surface area contributed by atoms with E-state index < -0.39 is 10.9 Å². The van der Waals surface area contributed by atoms with Crippen molar-refractivity contribution in [2.75, 3.05) is 7.05 Å². The van der Waals surface area contributed by atoms with Crippen LogP contribution in [0.3, 0.4) is 0 Å². The number of hydrogen-bond donors (Lipinski definition) is 1. The highest BCUT2D eigenvalue weighted by atomic mass is 32.1. The minimum atomic E-state index is -1.28. The number of nitro groups is 1. The zero-order valence-electron chi connectivity index (χ0n) is 11.4. The molecule has 0 amide bonds. The maximum atomic E-state index is 11.3. The number of rotatable bonds is 6. The number of aromatic carboxylic acids is 1. The van der Waals surface area contributed by atoms with Gasteiger partial charge in [-0.1, -0.05) is 12.1 Å². The maximum Gasteiger partial charge on any atom is 0.343 e. The van der Waals surface area contributed by atoms with Gasteiger partial charge in [-0.2, -0.15) is 11.3 Å². The summed E-state index contributed by atoms with van der Waals surface area (Å²) >= 11 is 1.59. The molecule has 0 fully saturated rings. The lowest BCUT2D eigenvalue weighted by molar-refractivity contribution is -0.385. The third-order valence-corrected chi connectivity index (χ3v) is 3.74. The molecule has 1 N–H and O–H groups in total. The minimum absolute atomic E-state index is 0.236. The van der Waals surface area contributed by atoms with Gasteiger partial charge < -0.3 is 5.11 Å². The van der Waals surface area contributed by atoms with E-state index in [0.29, 0.717) is 18.7 Å². The molecule has 0 bridgehead atoms. The lowest BCUT2D eigenvalue weighted by Gasteiger charge is -2.17. The van der Waals surface area contributed by atoms with Gasteiger partial charge in [-0.25, -0.2) is 4.79 Å². The van der Waals surface area contributed by atoms with Gasteiger partial charge in [0.2, 0.25) is 0 Å². The third kappa shape index (κ3) is 3.65. The number of benzene rings is 1. The Bertz CT molecular complexity index is 655. The molecule has 2 aromatic rings. The summed E-state index contributed by atoms with van der Waals surface area (Å²) in [4.78, 5) is 23.5. The SMILES string of the molecule is CN(Cc1ccsc1)Cc1cccc([N+](=O)[O-])c1C(=O)O. The van der Waals surface area contributed by atoms with Crippen molar-refractivity contribution in [1.82, 2.24) is 4.90 Å². The molecule has 1 aromatic carbocycles. The van der Waals surface area contributed by atoms with Gasteiger partial charge in [-0.3, -0.25) is 15.0 Å². The fourth-order valence-electron chi connectivity index (χ4n) is 2.16. The van der Waals surface area contributed by atoms with Gasteiger partial charge in [-0.15, -0.1) is 0 Å². The Kier molecular flexibility index (Phi) is 4.66. The molecule has 110 valence electrons. The Hall–Kier alpha value is -2.25. The minimum Gasteiger partial charge on any atom is -0.477 e. The summed E-state index contributed by atoms with van der Waals surface area (Å²) in [5.74, 6) is -1.28. The van der Waals surface area contributed by atoms with Crippen molar-refractivity contribution < 1.29 is 14.8 Å². The van der Waals surface area contributed by atoms with E-state index in [2.05, 4.69) is 0 Å². The molecule has 0 atom stereocenters. The summed E-state index contributed by atoms with van der Waals surface area (Å²) < 4.78 is 0. The summed E-state index contributed by atoms with van der Waals surface area (Å²) in [6, 6.07) is 6.33. The molecule has 0 radical (unpaired) electrons. The standard InChI is InChI=1S/C14H14N2O4S/c1-15(7-10-5-6-21-9-10)8-11-3-2-4-12(16(19)20)13(11)14(17)18/h2-6,9H,7-8H2,1H3,(H,17,18). The average Bonchev–Trinajstić information content (AvgIpc) is 2.90. The van der Waals surface area contributed by atoms with E-state index >= 15 is 0 Å². The van der Waals surface area contributed by atoms with Crippen LogP contribution in [-0.4, -0.2) is 27.9 Å². The fourth-order valence-corrected chi connectivity index (χ4v) is 2.82. The normalized spacial score (nSPS) is 10.8. The second-order valence-corrected chi connectivity index (χ2v) is 5.46. The number of thiophene rings is 1. The molecule has 0 saturated heterocycles. The zero-order chi connectivity index (χ0) is 15.4. The van der Waals surface area contributed by atoms with Gasteiger partial charge in [0.05, 0.1) is 4.92 Å². The fraction of sp³-hybridized carbons (Fsp3) is 0.214. The van der Waals surface area contributed by atoms with Crippen LogP contribution in [0, 0.1) is 10.1 Å². The third-order valence-electron chi connectivity index (χ3n) is 3.01. The van der Waals surface area contributed by atoms with E-state index in [0.717, 1.165) is 5.56 Å². The van der Waals surface area contributed by atoms with Gasteiger partial charge in [0, 0.05) is 19.2 Å². The smallest absolute Gasteiger partial charge is 0.343 e. The van der Waals surface area contributed by atoms with Crippen LogP contribution in [0.5, 0.6) is 0 Å². The molecule has 0 unspecified atom stereocenters. The van der Waals surface area contributed by atoms with Crippen LogP contribution in [-0.2, 0) is 13.1 Å². The molecule has 7 heteroatoms. The number of carbonyl (C=O) groups is 1. The maximum absolute atomic E-state index is 11.3. The number of nitrogens with zero attached hydrogens (tertiary/aromatic N) is 2. The number of carboxylic acids is 1. The van der Waals surface area contributed by atoms with Crippen molar-refractivity contribution in [3.05, 3.63) is 61.8 Å². The van der Waals surface area contributed by atoms with Gasteiger partial charge in [0.25, 0.3) is 5.69 Å². The molecular weight excluding hydrogens is 292 g/mol. The molecule has 0 spiro atoms. The Morgan fingerprint density at radius 2 is 2.14 bits per heavy atom. The van der Waals surface area contributed by atoms with Gasteiger partial charge >= 0.3 is 5.97 Å². The first-order chi connectivity index (χ1) is 9.99. The second kappa shape index (κ2) is 6.47. The van der Waals surface area contributed by atoms with Crippen molar-refractivity contribution in [3.63, 3.8) is 0 Å². The highest BCUT2D eigenvalue weighted by Gasteiger charge is 2.23. The second-order valence-electron chi connectivity index (χ2n) is 4.68. The van der Waals surface area contributed by atoms with Gasteiger partial charge in [0.1, 0.15) is 5.56 Å². The number of hydrogen-bond acceptors (Lipinski definition) is 5. The van der Waals surface area contributed by atoms with E-state index in [1.165, 1.54) is 12.1 Å². The first-order valence-electron chi connectivity index (χ1n) is 6.18. The van der Waals surface area contributed by atoms with Gasteiger partial charge in [0.15, 0.2) is 0 Å². The molecule has 1 aromatic heterocycles. The molecule has 21 heavy (non-hydrogen) atoms. The summed E-state index contributed by atoms with van der Waals surface area (Å²) in [5, 5.41) is 24.2. The highest BCUT2D eigenvalue weighted by Crippen LogP contribution is 2.24. The lowest BCUT2D eigenvalue weighted by Crippen LogP contribution is -2.19. The first-order valence-corrected chi connectivity index (χ1v) is 7.12. The van der Waals surface area contributed by atoms with Crippen LogP contribution in [0.1, 0.15) is 21.5 Å². The van der Waals surface area contributed by atoms with E-state index in [1.54, 1.807) is 17.4 Å².